The largest absolute Gasteiger partial charge is 0.208 e. The highest BCUT2D eigenvalue weighted by molar-refractivity contribution is 5.96. The molecule has 0 bridgehead atoms. The van der Waals surface area contributed by atoms with Crippen molar-refractivity contribution in [2.75, 3.05) is 0 Å². The number of benzene rings is 8. The molecular formula is C52H33N3. The number of fused-ring (bicyclic) bond motifs is 10. The second-order valence-corrected chi connectivity index (χ2v) is 14.3. The molecule has 2 aliphatic rings. The highest BCUT2D eigenvalue weighted by Crippen LogP contribution is 2.62. The zero-order chi connectivity index (χ0) is 36.3. The van der Waals surface area contributed by atoms with E-state index < -0.39 is 0 Å². The number of nitrogens with zero attached hydrogens (tertiary/aromatic N) is 3. The lowest BCUT2D eigenvalue weighted by atomic mass is 9.70. The van der Waals surface area contributed by atoms with Crippen LogP contribution in [0.4, 0.5) is 0 Å². The quantitative estimate of drug-likeness (QED) is 0.179. The molecule has 3 heteroatoms. The first-order chi connectivity index (χ1) is 27.3. The van der Waals surface area contributed by atoms with Gasteiger partial charge in [-0.1, -0.05) is 194 Å². The Balaban J connectivity index is 0.988. The van der Waals surface area contributed by atoms with E-state index >= 15 is 0 Å². The van der Waals surface area contributed by atoms with Gasteiger partial charge in [0.15, 0.2) is 17.5 Å². The van der Waals surface area contributed by atoms with Crippen LogP contribution in [0.2, 0.25) is 0 Å². The molecule has 8 aromatic carbocycles. The van der Waals surface area contributed by atoms with E-state index in [4.69, 9.17) is 15.0 Å². The van der Waals surface area contributed by atoms with E-state index in [2.05, 4.69) is 164 Å². The summed E-state index contributed by atoms with van der Waals surface area (Å²) in [4.78, 5) is 15.0. The third kappa shape index (κ3) is 4.87. The van der Waals surface area contributed by atoms with Crippen molar-refractivity contribution in [3.63, 3.8) is 0 Å². The lowest BCUT2D eigenvalue weighted by Gasteiger charge is -2.30. The number of hydrogen-bond acceptors (Lipinski definition) is 3. The smallest absolute Gasteiger partial charge is 0.164 e. The summed E-state index contributed by atoms with van der Waals surface area (Å²) in [5, 5.41) is 0. The van der Waals surface area contributed by atoms with E-state index in [0.717, 1.165) is 27.8 Å². The Kier molecular flexibility index (Phi) is 7.08. The summed E-state index contributed by atoms with van der Waals surface area (Å²) in [6.07, 6.45) is 0. The van der Waals surface area contributed by atoms with Crippen molar-refractivity contribution >= 4 is 0 Å². The first-order valence-electron chi connectivity index (χ1n) is 18.8. The Morgan fingerprint density at radius 1 is 0.236 bits per heavy atom. The summed E-state index contributed by atoms with van der Waals surface area (Å²) < 4.78 is 0. The monoisotopic (exact) mass is 699 g/mol. The molecule has 0 aliphatic heterocycles. The highest BCUT2D eigenvalue weighted by Gasteiger charge is 2.51. The molecule has 0 fully saturated rings. The predicted octanol–water partition coefficient (Wildman–Crippen LogP) is 12.6. The molecule has 11 rings (SSSR count). The Morgan fingerprint density at radius 2 is 0.545 bits per heavy atom. The van der Waals surface area contributed by atoms with Crippen LogP contribution < -0.4 is 0 Å². The van der Waals surface area contributed by atoms with Crippen molar-refractivity contribution in [2.24, 2.45) is 0 Å². The summed E-state index contributed by atoms with van der Waals surface area (Å²) in [7, 11) is 0. The fourth-order valence-corrected chi connectivity index (χ4v) is 8.88. The molecule has 0 radical (unpaired) electrons. The number of aromatic nitrogens is 3. The second kappa shape index (κ2) is 12.4. The molecule has 1 heterocycles. The van der Waals surface area contributed by atoms with Gasteiger partial charge in [-0.2, -0.15) is 0 Å². The molecule has 0 saturated carbocycles. The molecule has 9 aromatic rings. The van der Waals surface area contributed by atoms with Crippen molar-refractivity contribution in [3.8, 4) is 78.7 Å². The van der Waals surface area contributed by atoms with Gasteiger partial charge in [0.1, 0.15) is 0 Å². The van der Waals surface area contributed by atoms with E-state index in [-0.39, 0.29) is 5.41 Å². The summed E-state index contributed by atoms with van der Waals surface area (Å²) in [6.45, 7) is 0. The van der Waals surface area contributed by atoms with Gasteiger partial charge >= 0.3 is 0 Å². The van der Waals surface area contributed by atoms with Crippen molar-refractivity contribution in [2.45, 2.75) is 5.41 Å². The van der Waals surface area contributed by atoms with Crippen molar-refractivity contribution in [3.05, 3.63) is 222 Å². The lowest BCUT2D eigenvalue weighted by Crippen LogP contribution is -2.25. The van der Waals surface area contributed by atoms with Gasteiger partial charge in [-0.05, 0) is 72.8 Å². The molecule has 0 N–H and O–H groups in total. The van der Waals surface area contributed by atoms with Gasteiger partial charge in [0.25, 0.3) is 0 Å². The molecule has 2 aliphatic carbocycles. The normalized spacial score (nSPS) is 12.9. The highest BCUT2D eigenvalue weighted by atomic mass is 15.0. The Morgan fingerprint density at radius 3 is 1.04 bits per heavy atom. The summed E-state index contributed by atoms with van der Waals surface area (Å²) in [5.74, 6) is 1.94. The molecule has 1 spiro atoms. The van der Waals surface area contributed by atoms with E-state index in [1.54, 1.807) is 0 Å². The van der Waals surface area contributed by atoms with Crippen LogP contribution in [0.5, 0.6) is 0 Å². The average Bonchev–Trinajstić information content (AvgIpc) is 3.74. The second-order valence-electron chi connectivity index (χ2n) is 14.3. The molecule has 3 nitrogen and oxygen atoms in total. The van der Waals surface area contributed by atoms with Crippen molar-refractivity contribution in [1.82, 2.24) is 15.0 Å². The maximum atomic E-state index is 5.03. The number of hydrogen-bond donors (Lipinski definition) is 0. The SMILES string of the molecule is c1ccc(-c2ccc(-c3nc(-c4ccccc4)nc(-c4ccc(-c5ccc6c(c5)-c5ccccc5C65c6ccccc6-c6ccccc65)cc4)n3)cc2)cc1. The zero-order valence-corrected chi connectivity index (χ0v) is 29.9. The maximum absolute atomic E-state index is 5.03. The fraction of sp³-hybridized carbons (Fsp3) is 0.0192. The van der Waals surface area contributed by atoms with E-state index in [9.17, 15) is 0 Å². The predicted molar refractivity (Wildman–Crippen MR) is 223 cm³/mol. The van der Waals surface area contributed by atoms with Crippen LogP contribution >= 0.6 is 0 Å². The van der Waals surface area contributed by atoms with Crippen LogP contribution in [-0.4, -0.2) is 15.0 Å². The van der Waals surface area contributed by atoms with Gasteiger partial charge in [0.05, 0.1) is 5.41 Å². The molecule has 0 amide bonds. The van der Waals surface area contributed by atoms with Crippen molar-refractivity contribution < 1.29 is 0 Å². The molecule has 0 saturated heterocycles. The van der Waals surface area contributed by atoms with Gasteiger partial charge in [-0.25, -0.2) is 15.0 Å². The minimum Gasteiger partial charge on any atom is -0.208 e. The topological polar surface area (TPSA) is 38.7 Å². The minimum atomic E-state index is -0.337. The van der Waals surface area contributed by atoms with Gasteiger partial charge in [-0.15, -0.1) is 0 Å². The molecular weight excluding hydrogens is 667 g/mol. The van der Waals surface area contributed by atoms with Crippen LogP contribution in [0.15, 0.2) is 200 Å². The molecule has 0 atom stereocenters. The zero-order valence-electron chi connectivity index (χ0n) is 29.9. The van der Waals surface area contributed by atoms with Gasteiger partial charge in [0.2, 0.25) is 0 Å². The lowest BCUT2D eigenvalue weighted by molar-refractivity contribution is 0.794. The van der Waals surface area contributed by atoms with Crippen LogP contribution in [0.1, 0.15) is 22.3 Å². The van der Waals surface area contributed by atoms with Crippen molar-refractivity contribution in [1.29, 1.82) is 0 Å². The van der Waals surface area contributed by atoms with Crippen LogP contribution in [0, 0.1) is 0 Å². The van der Waals surface area contributed by atoms with Gasteiger partial charge < -0.3 is 0 Å². The third-order valence-corrected chi connectivity index (χ3v) is 11.4. The standard InChI is InChI=1S/C52H33N3/c1-3-13-34(14-4-1)35-23-27-38(28-24-35)50-53-49(37-15-5-2-6-16-37)54-51(55-50)39-29-25-36(26-30-39)40-31-32-48-44(33-40)43-19-9-12-22-47(43)52(48)45-20-10-7-17-41(45)42-18-8-11-21-46(42)52/h1-33H. The minimum absolute atomic E-state index is 0.337. The molecule has 55 heavy (non-hydrogen) atoms. The summed E-state index contributed by atoms with van der Waals surface area (Å²) >= 11 is 0. The third-order valence-electron chi connectivity index (χ3n) is 11.4. The van der Waals surface area contributed by atoms with E-state index in [1.807, 2.05) is 36.4 Å². The fourth-order valence-electron chi connectivity index (χ4n) is 8.88. The Hall–Kier alpha value is -7.23. The van der Waals surface area contributed by atoms with E-state index in [1.165, 1.54) is 55.6 Å². The number of rotatable bonds is 5. The summed E-state index contributed by atoms with van der Waals surface area (Å²) in [5.41, 5.74) is 17.8. The first-order valence-corrected chi connectivity index (χ1v) is 18.8. The Bertz CT molecular complexity index is 2850. The molecule has 256 valence electrons. The van der Waals surface area contributed by atoms with Crippen LogP contribution in [0.25, 0.3) is 78.7 Å². The van der Waals surface area contributed by atoms with Gasteiger partial charge in [0, 0.05) is 16.7 Å². The Labute approximate surface area is 320 Å². The molecule has 0 unspecified atom stereocenters. The van der Waals surface area contributed by atoms with E-state index in [0.29, 0.717) is 17.5 Å². The average molecular weight is 700 g/mol. The molecule has 1 aromatic heterocycles. The maximum Gasteiger partial charge on any atom is 0.164 e. The van der Waals surface area contributed by atoms with Crippen LogP contribution in [0.3, 0.4) is 0 Å². The summed E-state index contributed by atoms with van der Waals surface area (Å²) in [6, 6.07) is 71.5. The van der Waals surface area contributed by atoms with Gasteiger partial charge in [-0.3, -0.25) is 0 Å². The first kappa shape index (κ1) is 31.3. The van der Waals surface area contributed by atoms with Crippen LogP contribution in [-0.2, 0) is 5.41 Å².